The number of rotatable bonds is 6. The molecule has 4 N–H and O–H groups in total. The lowest BCUT2D eigenvalue weighted by Gasteiger charge is -2.02. The highest BCUT2D eigenvalue weighted by molar-refractivity contribution is 6.39. The van der Waals surface area contributed by atoms with E-state index in [1.807, 2.05) is 48.5 Å². The topological polar surface area (TPSA) is 120 Å². The van der Waals surface area contributed by atoms with Crippen molar-refractivity contribution in [2.75, 3.05) is 14.2 Å². The predicted molar refractivity (Wildman–Crippen MR) is 104 cm³/mol. The maximum Gasteiger partial charge on any atom is 0.190 e. The molecule has 0 fully saturated rings. The largest absolute Gasteiger partial charge is 0.496 e. The smallest absolute Gasteiger partial charge is 0.190 e. The first-order chi connectivity index (χ1) is 12.7. The quantitative estimate of drug-likeness (QED) is 0.468. The Morgan fingerprint density at radius 1 is 0.731 bits per heavy atom. The van der Waals surface area contributed by atoms with E-state index in [0.717, 1.165) is 11.1 Å². The third kappa shape index (κ3) is 5.17. The molecular weight excluding hydrogens is 332 g/mol. The summed E-state index contributed by atoms with van der Waals surface area (Å²) in [5.41, 5.74) is 13.0. The van der Waals surface area contributed by atoms with Gasteiger partial charge in [-0.3, -0.25) is 0 Å². The summed E-state index contributed by atoms with van der Waals surface area (Å²) in [6, 6.07) is 14.7. The zero-order valence-corrected chi connectivity index (χ0v) is 14.5. The Kier molecular flexibility index (Phi) is 6.87. The average Bonchev–Trinajstić information content (AvgIpc) is 2.68. The van der Waals surface area contributed by atoms with Gasteiger partial charge in [0.15, 0.2) is 11.7 Å². The highest BCUT2D eigenvalue weighted by Crippen LogP contribution is 2.15. The highest BCUT2D eigenvalue weighted by atomic mass is 16.5. The number of ether oxygens (including phenoxy) is 2. The van der Waals surface area contributed by atoms with E-state index in [-0.39, 0.29) is 11.7 Å². The first-order valence-electron chi connectivity index (χ1n) is 7.65. The zero-order valence-electron chi connectivity index (χ0n) is 14.5. The van der Waals surface area contributed by atoms with Gasteiger partial charge < -0.3 is 20.9 Å². The van der Waals surface area contributed by atoms with Gasteiger partial charge in [0.25, 0.3) is 0 Å². The van der Waals surface area contributed by atoms with E-state index in [1.165, 1.54) is 12.4 Å². The fourth-order valence-corrected chi connectivity index (χ4v) is 1.96. The van der Waals surface area contributed by atoms with Crippen LogP contribution in [0.2, 0.25) is 0 Å². The van der Waals surface area contributed by atoms with Crippen molar-refractivity contribution in [3.8, 4) is 11.5 Å². The van der Waals surface area contributed by atoms with Gasteiger partial charge >= 0.3 is 0 Å². The fourth-order valence-electron chi connectivity index (χ4n) is 1.96. The molecule has 134 valence electrons. The van der Waals surface area contributed by atoms with Crippen LogP contribution in [0.15, 0.2) is 68.9 Å². The number of hydrogen-bond donors (Lipinski definition) is 2. The molecule has 0 unspecified atom stereocenters. The van der Waals surface area contributed by atoms with Crippen molar-refractivity contribution in [1.29, 1.82) is 0 Å². The molecule has 26 heavy (non-hydrogen) atoms. The van der Waals surface area contributed by atoms with Crippen molar-refractivity contribution < 1.29 is 9.47 Å². The van der Waals surface area contributed by atoms with Crippen LogP contribution in [0.1, 0.15) is 11.1 Å². The van der Waals surface area contributed by atoms with Gasteiger partial charge in [0, 0.05) is 11.1 Å². The molecule has 0 saturated heterocycles. The molecular formula is C18H20N6O2. The van der Waals surface area contributed by atoms with E-state index in [1.54, 1.807) is 14.2 Å². The Bertz CT molecular complexity index is 787. The number of hydrogen-bond acceptors (Lipinski definition) is 6. The molecule has 0 aliphatic heterocycles. The van der Waals surface area contributed by atoms with Crippen LogP contribution < -0.4 is 20.9 Å². The molecule has 8 heteroatoms. The van der Waals surface area contributed by atoms with E-state index in [0.29, 0.717) is 11.5 Å². The van der Waals surface area contributed by atoms with Gasteiger partial charge in [-0.1, -0.05) is 24.3 Å². The maximum atomic E-state index is 5.74. The van der Waals surface area contributed by atoms with Crippen LogP contribution in [-0.4, -0.2) is 38.3 Å². The molecule has 2 aromatic carbocycles. The van der Waals surface area contributed by atoms with Gasteiger partial charge in [0.1, 0.15) is 11.5 Å². The fraction of sp³-hybridized carbons (Fsp3) is 0.111. The third-order valence-electron chi connectivity index (χ3n) is 3.26. The maximum absolute atomic E-state index is 5.74. The van der Waals surface area contributed by atoms with Crippen LogP contribution in [-0.2, 0) is 0 Å². The Morgan fingerprint density at radius 3 is 1.50 bits per heavy atom. The van der Waals surface area contributed by atoms with E-state index in [4.69, 9.17) is 20.9 Å². The standard InChI is InChI=1S/C18H20N6O2/c1-25-15-9-5-3-7-13(15)11-21-23-17(19)18(20)24-22-12-14-8-4-6-10-16(14)26-2/h3-12H,1-2H3,(H2,19,23)(H2,20,24)/b21-11+,22-12+. The number of nitrogens with two attached hydrogens (primary N) is 2. The van der Waals surface area contributed by atoms with E-state index >= 15 is 0 Å². The molecule has 8 nitrogen and oxygen atoms in total. The normalized spacial score (nSPS) is 12.7. The van der Waals surface area contributed by atoms with E-state index in [9.17, 15) is 0 Å². The number of benzene rings is 2. The number of amidine groups is 2. The molecule has 2 aromatic rings. The van der Waals surface area contributed by atoms with Crippen LogP contribution in [0.25, 0.3) is 0 Å². The number of nitrogens with zero attached hydrogens (tertiary/aromatic N) is 4. The average molecular weight is 352 g/mol. The summed E-state index contributed by atoms with van der Waals surface area (Å²) in [4.78, 5) is 0. The van der Waals surface area contributed by atoms with Crippen LogP contribution >= 0.6 is 0 Å². The Balaban J connectivity index is 2.07. The lowest BCUT2D eigenvalue weighted by atomic mass is 10.2. The molecule has 0 spiro atoms. The SMILES string of the molecule is COc1ccccc1/C=N/N=C(N)/C(N)=N/N=C/c1ccccc1OC. The molecule has 0 aliphatic carbocycles. The molecule has 0 amide bonds. The molecule has 0 atom stereocenters. The second kappa shape index (κ2) is 9.58. The van der Waals surface area contributed by atoms with Crippen molar-refractivity contribution in [3.63, 3.8) is 0 Å². The van der Waals surface area contributed by atoms with Gasteiger partial charge in [-0.2, -0.15) is 10.2 Å². The molecule has 0 heterocycles. The van der Waals surface area contributed by atoms with E-state index < -0.39 is 0 Å². The van der Waals surface area contributed by atoms with Crippen molar-refractivity contribution >= 4 is 24.1 Å². The molecule has 0 bridgehead atoms. The second-order valence-electron chi connectivity index (χ2n) is 4.94. The van der Waals surface area contributed by atoms with Gasteiger partial charge in [0.05, 0.1) is 26.6 Å². The highest BCUT2D eigenvalue weighted by Gasteiger charge is 2.00. The zero-order chi connectivity index (χ0) is 18.8. The lowest BCUT2D eigenvalue weighted by Crippen LogP contribution is -2.30. The second-order valence-corrected chi connectivity index (χ2v) is 4.94. The minimum Gasteiger partial charge on any atom is -0.496 e. The summed E-state index contributed by atoms with van der Waals surface area (Å²) in [6.45, 7) is 0. The monoisotopic (exact) mass is 352 g/mol. The Morgan fingerprint density at radius 2 is 1.12 bits per heavy atom. The molecule has 0 aromatic heterocycles. The minimum atomic E-state index is -0.0478. The lowest BCUT2D eigenvalue weighted by molar-refractivity contribution is 0.414. The van der Waals surface area contributed by atoms with Crippen molar-refractivity contribution in [3.05, 3.63) is 59.7 Å². The van der Waals surface area contributed by atoms with E-state index in [2.05, 4.69) is 20.4 Å². The van der Waals surface area contributed by atoms with Gasteiger partial charge in [-0.15, -0.1) is 10.2 Å². The predicted octanol–water partition coefficient (Wildman–Crippen LogP) is 1.79. The van der Waals surface area contributed by atoms with Gasteiger partial charge in [-0.25, -0.2) is 0 Å². The molecule has 2 rings (SSSR count). The Hall–Kier alpha value is -3.68. The first-order valence-corrected chi connectivity index (χ1v) is 7.65. The number of methoxy groups -OCH3 is 2. The summed E-state index contributed by atoms with van der Waals surface area (Å²) < 4.78 is 10.4. The summed E-state index contributed by atoms with van der Waals surface area (Å²) in [7, 11) is 3.16. The van der Waals surface area contributed by atoms with Crippen molar-refractivity contribution in [2.24, 2.45) is 31.9 Å². The third-order valence-corrected chi connectivity index (χ3v) is 3.26. The molecule has 0 aliphatic rings. The van der Waals surface area contributed by atoms with Crippen LogP contribution in [0.4, 0.5) is 0 Å². The van der Waals surface area contributed by atoms with Crippen LogP contribution in [0.5, 0.6) is 11.5 Å². The summed E-state index contributed by atoms with van der Waals surface area (Å²) in [5.74, 6) is 1.25. The van der Waals surface area contributed by atoms with Crippen LogP contribution in [0.3, 0.4) is 0 Å². The molecule has 0 saturated carbocycles. The van der Waals surface area contributed by atoms with Gasteiger partial charge in [-0.05, 0) is 24.3 Å². The van der Waals surface area contributed by atoms with Crippen molar-refractivity contribution in [2.45, 2.75) is 0 Å². The number of para-hydroxylation sites is 2. The Labute approximate surface area is 151 Å². The summed E-state index contributed by atoms with van der Waals surface area (Å²) in [6.07, 6.45) is 3.02. The summed E-state index contributed by atoms with van der Waals surface area (Å²) >= 11 is 0. The van der Waals surface area contributed by atoms with Gasteiger partial charge in [0.2, 0.25) is 0 Å². The minimum absolute atomic E-state index is 0.0478. The summed E-state index contributed by atoms with van der Waals surface area (Å²) in [5, 5.41) is 15.4. The van der Waals surface area contributed by atoms with Crippen LogP contribution in [0, 0.1) is 0 Å². The first kappa shape index (κ1) is 18.7. The molecule has 0 radical (unpaired) electrons. The van der Waals surface area contributed by atoms with Crippen molar-refractivity contribution in [1.82, 2.24) is 0 Å².